The lowest BCUT2D eigenvalue weighted by Crippen LogP contribution is -2.46. The van der Waals surface area contributed by atoms with Crippen molar-refractivity contribution in [3.8, 4) is 0 Å². The van der Waals surface area contributed by atoms with Gasteiger partial charge in [0.15, 0.2) is 5.96 Å². The Labute approximate surface area is 143 Å². The van der Waals surface area contributed by atoms with Gasteiger partial charge in [-0.25, -0.2) is 0 Å². The van der Waals surface area contributed by atoms with Crippen molar-refractivity contribution in [3.05, 3.63) is 24.2 Å². The lowest BCUT2D eigenvalue weighted by atomic mass is 9.95. The second kappa shape index (κ2) is 10.6. The molecule has 0 radical (unpaired) electrons. The smallest absolute Gasteiger partial charge is 0.191 e. The van der Waals surface area contributed by atoms with Crippen LogP contribution in [0.4, 0.5) is 0 Å². The molecule has 5 nitrogen and oxygen atoms in total. The standard InChI is InChI=1S/C17H29N3O2S/c1-21-12-10-19-17(18-9-8-15-6-4-11-22-15)20-14-5-3-7-16(13-14)23-2/h4,6,11,14,16H,3,5,7-10,12-13H2,1-2H3,(H2,18,19,20). The number of furan rings is 1. The number of rotatable bonds is 8. The van der Waals surface area contributed by atoms with Crippen LogP contribution in [0.15, 0.2) is 27.8 Å². The lowest BCUT2D eigenvalue weighted by molar-refractivity contribution is 0.207. The maximum Gasteiger partial charge on any atom is 0.191 e. The van der Waals surface area contributed by atoms with E-state index in [0.29, 0.717) is 19.2 Å². The SMILES string of the molecule is COCCN=C(NCCc1ccco1)NC1CCCC(SC)C1. The van der Waals surface area contributed by atoms with Gasteiger partial charge >= 0.3 is 0 Å². The number of nitrogens with zero attached hydrogens (tertiary/aromatic N) is 1. The molecular formula is C17H29N3O2S. The zero-order valence-electron chi connectivity index (χ0n) is 14.2. The fourth-order valence-corrected chi connectivity index (χ4v) is 3.67. The second-order valence-electron chi connectivity index (χ2n) is 5.84. The number of hydrogen-bond acceptors (Lipinski definition) is 4. The summed E-state index contributed by atoms with van der Waals surface area (Å²) in [5.74, 6) is 1.88. The maximum absolute atomic E-state index is 5.37. The van der Waals surface area contributed by atoms with E-state index in [4.69, 9.17) is 9.15 Å². The van der Waals surface area contributed by atoms with Crippen LogP contribution >= 0.6 is 11.8 Å². The minimum absolute atomic E-state index is 0.513. The highest BCUT2D eigenvalue weighted by Crippen LogP contribution is 2.26. The van der Waals surface area contributed by atoms with Gasteiger partial charge in [-0.2, -0.15) is 11.8 Å². The summed E-state index contributed by atoms with van der Waals surface area (Å²) in [5.41, 5.74) is 0. The van der Waals surface area contributed by atoms with Gasteiger partial charge < -0.3 is 19.8 Å². The molecule has 1 saturated carbocycles. The molecule has 2 rings (SSSR count). The van der Waals surface area contributed by atoms with Crippen LogP contribution in [0.2, 0.25) is 0 Å². The summed E-state index contributed by atoms with van der Waals surface area (Å²) in [6.07, 6.45) is 9.84. The van der Waals surface area contributed by atoms with E-state index in [2.05, 4.69) is 21.9 Å². The Balaban J connectivity index is 1.81. The van der Waals surface area contributed by atoms with E-state index in [0.717, 1.165) is 29.9 Å². The van der Waals surface area contributed by atoms with Crippen molar-refractivity contribution in [2.24, 2.45) is 4.99 Å². The first-order valence-corrected chi connectivity index (χ1v) is 9.69. The molecule has 0 spiro atoms. The summed E-state index contributed by atoms with van der Waals surface area (Å²) < 4.78 is 10.5. The van der Waals surface area contributed by atoms with Gasteiger partial charge in [0.1, 0.15) is 5.76 Å². The van der Waals surface area contributed by atoms with Crippen LogP contribution in [-0.4, -0.2) is 50.3 Å². The first-order chi connectivity index (χ1) is 11.3. The number of aliphatic imine (C=N–C) groups is 1. The molecule has 130 valence electrons. The monoisotopic (exact) mass is 339 g/mol. The third-order valence-electron chi connectivity index (χ3n) is 4.11. The van der Waals surface area contributed by atoms with Gasteiger partial charge in [0, 0.05) is 31.4 Å². The maximum atomic E-state index is 5.37. The molecule has 0 aliphatic heterocycles. The van der Waals surface area contributed by atoms with Crippen molar-refractivity contribution in [3.63, 3.8) is 0 Å². The van der Waals surface area contributed by atoms with Crippen LogP contribution in [0.5, 0.6) is 0 Å². The highest BCUT2D eigenvalue weighted by Gasteiger charge is 2.21. The van der Waals surface area contributed by atoms with Crippen molar-refractivity contribution in [2.45, 2.75) is 43.4 Å². The number of methoxy groups -OCH3 is 1. The third kappa shape index (κ3) is 6.87. The summed E-state index contributed by atoms with van der Waals surface area (Å²) in [6, 6.07) is 4.44. The van der Waals surface area contributed by atoms with E-state index < -0.39 is 0 Å². The topological polar surface area (TPSA) is 58.8 Å². The molecule has 1 heterocycles. The average Bonchev–Trinajstić information content (AvgIpc) is 3.08. The van der Waals surface area contributed by atoms with E-state index in [1.807, 2.05) is 23.9 Å². The normalized spacial score (nSPS) is 22.1. The summed E-state index contributed by atoms with van der Waals surface area (Å²) in [7, 11) is 1.71. The van der Waals surface area contributed by atoms with Crippen LogP contribution in [0.25, 0.3) is 0 Å². The van der Waals surface area contributed by atoms with Crippen molar-refractivity contribution >= 4 is 17.7 Å². The largest absolute Gasteiger partial charge is 0.469 e. The van der Waals surface area contributed by atoms with Gasteiger partial charge in [0.2, 0.25) is 0 Å². The fraction of sp³-hybridized carbons (Fsp3) is 0.706. The van der Waals surface area contributed by atoms with Crippen LogP contribution in [0.1, 0.15) is 31.4 Å². The molecular weight excluding hydrogens is 310 g/mol. The van der Waals surface area contributed by atoms with Crippen LogP contribution in [0.3, 0.4) is 0 Å². The van der Waals surface area contributed by atoms with E-state index in [1.165, 1.54) is 25.7 Å². The van der Waals surface area contributed by atoms with E-state index in [-0.39, 0.29) is 0 Å². The number of hydrogen-bond donors (Lipinski definition) is 2. The molecule has 2 atom stereocenters. The molecule has 1 aliphatic carbocycles. The third-order valence-corrected chi connectivity index (χ3v) is 5.20. The number of thioether (sulfide) groups is 1. The molecule has 6 heteroatoms. The van der Waals surface area contributed by atoms with Crippen molar-refractivity contribution in [1.29, 1.82) is 0 Å². The second-order valence-corrected chi connectivity index (χ2v) is 6.98. The Morgan fingerprint density at radius 1 is 1.48 bits per heavy atom. The Morgan fingerprint density at radius 3 is 3.13 bits per heavy atom. The van der Waals surface area contributed by atoms with E-state index in [1.54, 1.807) is 13.4 Å². The minimum atomic E-state index is 0.513. The molecule has 1 fully saturated rings. The summed E-state index contributed by atoms with van der Waals surface area (Å²) in [6.45, 7) is 2.12. The summed E-state index contributed by atoms with van der Waals surface area (Å²) in [5, 5.41) is 7.78. The van der Waals surface area contributed by atoms with E-state index in [9.17, 15) is 0 Å². The Morgan fingerprint density at radius 2 is 2.39 bits per heavy atom. The highest BCUT2D eigenvalue weighted by molar-refractivity contribution is 7.99. The molecule has 23 heavy (non-hydrogen) atoms. The zero-order valence-corrected chi connectivity index (χ0v) is 15.0. The van der Waals surface area contributed by atoms with Crippen LogP contribution < -0.4 is 10.6 Å². The zero-order chi connectivity index (χ0) is 16.3. The quantitative estimate of drug-likeness (QED) is 0.433. The molecule has 0 aromatic carbocycles. The van der Waals surface area contributed by atoms with Crippen LogP contribution in [-0.2, 0) is 11.2 Å². The molecule has 0 amide bonds. The van der Waals surface area contributed by atoms with Gasteiger partial charge in [0.05, 0.1) is 19.4 Å². The molecule has 2 N–H and O–H groups in total. The molecule has 1 aromatic rings. The summed E-state index contributed by atoms with van der Waals surface area (Å²) in [4.78, 5) is 4.61. The van der Waals surface area contributed by atoms with Crippen molar-refractivity contribution < 1.29 is 9.15 Å². The van der Waals surface area contributed by atoms with Gasteiger partial charge in [-0.05, 0) is 37.7 Å². The molecule has 0 saturated heterocycles. The van der Waals surface area contributed by atoms with Crippen molar-refractivity contribution in [2.75, 3.05) is 33.1 Å². The van der Waals surface area contributed by atoms with Gasteiger partial charge in [-0.1, -0.05) is 6.42 Å². The Bertz CT molecular complexity index is 451. The fourth-order valence-electron chi connectivity index (χ4n) is 2.84. The lowest BCUT2D eigenvalue weighted by Gasteiger charge is -2.30. The highest BCUT2D eigenvalue weighted by atomic mass is 32.2. The van der Waals surface area contributed by atoms with Crippen molar-refractivity contribution in [1.82, 2.24) is 10.6 Å². The Hall–Kier alpha value is -1.14. The summed E-state index contributed by atoms with van der Waals surface area (Å²) >= 11 is 1.98. The van der Waals surface area contributed by atoms with Crippen LogP contribution in [0, 0.1) is 0 Å². The molecule has 2 unspecified atom stereocenters. The number of nitrogens with one attached hydrogen (secondary N) is 2. The van der Waals surface area contributed by atoms with Gasteiger partial charge in [-0.3, -0.25) is 4.99 Å². The average molecular weight is 340 g/mol. The minimum Gasteiger partial charge on any atom is -0.469 e. The van der Waals surface area contributed by atoms with E-state index >= 15 is 0 Å². The number of guanidine groups is 1. The first-order valence-electron chi connectivity index (χ1n) is 8.40. The van der Waals surface area contributed by atoms with Gasteiger partial charge in [0.25, 0.3) is 0 Å². The molecule has 1 aliphatic rings. The first kappa shape index (κ1) is 18.2. The number of ether oxygens (including phenoxy) is 1. The predicted molar refractivity (Wildman–Crippen MR) is 97.3 cm³/mol. The van der Waals surface area contributed by atoms with Gasteiger partial charge in [-0.15, -0.1) is 0 Å². The predicted octanol–water partition coefficient (Wildman–Crippen LogP) is 2.68. The Kier molecular flexibility index (Phi) is 8.39. The molecule has 1 aromatic heterocycles. The molecule has 0 bridgehead atoms.